The van der Waals surface area contributed by atoms with E-state index in [4.69, 9.17) is 18.9 Å². The number of phenolic OH excluding ortho intramolecular Hbond substituents is 1. The van der Waals surface area contributed by atoms with Gasteiger partial charge in [0.25, 0.3) is 5.91 Å². The van der Waals surface area contributed by atoms with Crippen LogP contribution in [-0.2, 0) is 6.54 Å². The molecular formula is C32H31N3O6. The zero-order valence-corrected chi connectivity index (χ0v) is 23.4. The second kappa shape index (κ2) is 10.6. The van der Waals surface area contributed by atoms with Crippen molar-refractivity contribution in [1.29, 1.82) is 0 Å². The number of aromatic hydroxyl groups is 1. The van der Waals surface area contributed by atoms with Gasteiger partial charge in [0.2, 0.25) is 6.79 Å². The molecule has 9 heteroatoms. The van der Waals surface area contributed by atoms with E-state index in [1.165, 1.54) is 5.01 Å². The highest BCUT2D eigenvalue weighted by molar-refractivity contribution is 6.15. The Morgan fingerprint density at radius 2 is 1.61 bits per heavy atom. The molecule has 0 aliphatic carbocycles. The Hall–Kier alpha value is -4.92. The van der Waals surface area contributed by atoms with Crippen LogP contribution < -0.4 is 23.8 Å². The summed E-state index contributed by atoms with van der Waals surface area (Å²) in [4.78, 5) is 16.2. The molecule has 0 bridgehead atoms. The number of hydrogen-bond donors (Lipinski definition) is 1. The summed E-state index contributed by atoms with van der Waals surface area (Å²) in [6, 6.07) is 17.1. The van der Waals surface area contributed by atoms with Gasteiger partial charge in [-0.15, -0.1) is 0 Å². The SMILES string of the molecule is CCN(CC)c1ccc(/C=N/N2Cc3c(c(-c4ccc5c(c4)OCO5)c4cc(OC)c(OC)cc4c3O)C2=O)cc1. The van der Waals surface area contributed by atoms with E-state index in [0.717, 1.165) is 29.9 Å². The van der Waals surface area contributed by atoms with Crippen LogP contribution in [0.25, 0.3) is 21.9 Å². The van der Waals surface area contributed by atoms with Crippen LogP contribution in [0, 0.1) is 0 Å². The van der Waals surface area contributed by atoms with Gasteiger partial charge < -0.3 is 29.0 Å². The molecule has 2 aliphatic heterocycles. The molecule has 1 N–H and O–H groups in total. The lowest BCUT2D eigenvalue weighted by molar-refractivity contribution is 0.0785. The Morgan fingerprint density at radius 3 is 2.29 bits per heavy atom. The predicted molar refractivity (Wildman–Crippen MR) is 158 cm³/mol. The fourth-order valence-corrected chi connectivity index (χ4v) is 5.53. The standard InChI is InChI=1S/C32H31N3O6/c1-5-34(6-2)21-10-7-19(8-11-21)16-33-35-17-24-30(32(35)37)29(20-9-12-25-28(13-20)41-18-40-25)22-14-26(38-3)27(39-4)15-23(22)31(24)36/h7-16,36H,5-6,17-18H2,1-4H3/b33-16+. The Bertz CT molecular complexity index is 1680. The summed E-state index contributed by atoms with van der Waals surface area (Å²) in [6.45, 7) is 6.35. The van der Waals surface area contributed by atoms with Gasteiger partial charge >= 0.3 is 0 Å². The maximum absolute atomic E-state index is 13.9. The van der Waals surface area contributed by atoms with Crippen molar-refractivity contribution in [3.05, 3.63) is 71.3 Å². The summed E-state index contributed by atoms with van der Waals surface area (Å²) in [5.41, 5.74) is 4.27. The van der Waals surface area contributed by atoms with E-state index >= 15 is 0 Å². The van der Waals surface area contributed by atoms with E-state index in [1.54, 1.807) is 32.6 Å². The molecular weight excluding hydrogens is 522 g/mol. The molecule has 6 rings (SSSR count). The van der Waals surface area contributed by atoms with Gasteiger partial charge in [-0.05, 0) is 66.8 Å². The minimum absolute atomic E-state index is 0.00933. The molecule has 0 radical (unpaired) electrons. The number of methoxy groups -OCH3 is 2. The summed E-state index contributed by atoms with van der Waals surface area (Å²) < 4.78 is 22.2. The van der Waals surface area contributed by atoms with E-state index < -0.39 is 0 Å². The number of hydrazone groups is 1. The number of phenols is 1. The number of rotatable bonds is 8. The number of amides is 1. The van der Waals surface area contributed by atoms with E-state index in [0.29, 0.717) is 50.5 Å². The third-order valence-electron chi connectivity index (χ3n) is 7.67. The summed E-state index contributed by atoms with van der Waals surface area (Å²) in [7, 11) is 3.09. The van der Waals surface area contributed by atoms with Crippen molar-refractivity contribution in [2.24, 2.45) is 5.10 Å². The van der Waals surface area contributed by atoms with Gasteiger partial charge in [-0.25, -0.2) is 5.01 Å². The lowest BCUT2D eigenvalue weighted by atomic mass is 9.89. The highest BCUT2D eigenvalue weighted by Crippen LogP contribution is 2.49. The first-order valence-corrected chi connectivity index (χ1v) is 13.5. The zero-order chi connectivity index (χ0) is 28.7. The van der Waals surface area contributed by atoms with Crippen molar-refractivity contribution in [1.82, 2.24) is 5.01 Å². The quantitative estimate of drug-likeness (QED) is 0.276. The van der Waals surface area contributed by atoms with E-state index in [2.05, 4.69) is 23.8 Å². The smallest absolute Gasteiger partial charge is 0.275 e. The van der Waals surface area contributed by atoms with Crippen LogP contribution in [0.1, 0.15) is 35.3 Å². The number of carbonyl (C=O) groups is 1. The van der Waals surface area contributed by atoms with E-state index in [-0.39, 0.29) is 25.0 Å². The largest absolute Gasteiger partial charge is 0.507 e. The molecule has 2 aliphatic rings. The first-order chi connectivity index (χ1) is 20.0. The summed E-state index contributed by atoms with van der Waals surface area (Å²) >= 11 is 0. The second-order valence-electron chi connectivity index (χ2n) is 9.77. The van der Waals surface area contributed by atoms with Crippen molar-refractivity contribution in [2.75, 3.05) is 39.0 Å². The van der Waals surface area contributed by atoms with Gasteiger partial charge in [-0.3, -0.25) is 4.79 Å². The Balaban J connectivity index is 1.45. The van der Waals surface area contributed by atoms with Crippen molar-refractivity contribution in [3.8, 4) is 39.9 Å². The van der Waals surface area contributed by atoms with Gasteiger partial charge in [-0.1, -0.05) is 18.2 Å². The lowest BCUT2D eigenvalue weighted by Gasteiger charge is -2.20. The number of benzene rings is 4. The topological polar surface area (TPSA) is 93.1 Å². The van der Waals surface area contributed by atoms with Crippen LogP contribution in [0.2, 0.25) is 0 Å². The molecule has 41 heavy (non-hydrogen) atoms. The predicted octanol–water partition coefficient (Wildman–Crippen LogP) is 5.79. The van der Waals surface area contributed by atoms with Gasteiger partial charge in [-0.2, -0.15) is 5.10 Å². The van der Waals surface area contributed by atoms with Crippen molar-refractivity contribution < 1.29 is 28.8 Å². The van der Waals surface area contributed by atoms with Gasteiger partial charge in [0.15, 0.2) is 23.0 Å². The Kier molecular flexibility index (Phi) is 6.78. The molecule has 1 amide bonds. The highest BCUT2D eigenvalue weighted by Gasteiger charge is 2.36. The highest BCUT2D eigenvalue weighted by atomic mass is 16.7. The minimum atomic E-state index is -0.310. The molecule has 4 aromatic rings. The maximum Gasteiger partial charge on any atom is 0.275 e. The van der Waals surface area contributed by atoms with Crippen LogP contribution >= 0.6 is 0 Å². The van der Waals surface area contributed by atoms with Crippen molar-refractivity contribution in [3.63, 3.8) is 0 Å². The average Bonchev–Trinajstić information content (AvgIpc) is 3.61. The molecule has 210 valence electrons. The monoisotopic (exact) mass is 553 g/mol. The number of fused-ring (bicyclic) bond motifs is 3. The number of ether oxygens (including phenoxy) is 4. The molecule has 9 nitrogen and oxygen atoms in total. The molecule has 0 spiro atoms. The molecule has 4 aromatic carbocycles. The molecule has 0 saturated carbocycles. The first-order valence-electron chi connectivity index (χ1n) is 13.5. The second-order valence-corrected chi connectivity index (χ2v) is 9.77. The van der Waals surface area contributed by atoms with Gasteiger partial charge in [0, 0.05) is 35.3 Å². The van der Waals surface area contributed by atoms with Gasteiger partial charge in [0.05, 0.1) is 32.5 Å². The Morgan fingerprint density at radius 1 is 0.927 bits per heavy atom. The summed E-state index contributed by atoms with van der Waals surface area (Å²) in [5.74, 6) is 1.88. The molecule has 2 heterocycles. The lowest BCUT2D eigenvalue weighted by Crippen LogP contribution is -2.21. The van der Waals surface area contributed by atoms with Gasteiger partial charge in [0.1, 0.15) is 5.75 Å². The van der Waals surface area contributed by atoms with Crippen LogP contribution in [-0.4, -0.2) is 56.3 Å². The molecule has 0 atom stereocenters. The average molecular weight is 554 g/mol. The Labute approximate surface area is 238 Å². The number of carbonyl (C=O) groups excluding carboxylic acids is 1. The van der Waals surface area contributed by atoms with Crippen LogP contribution in [0.15, 0.2) is 59.7 Å². The van der Waals surface area contributed by atoms with Crippen molar-refractivity contribution in [2.45, 2.75) is 20.4 Å². The number of hydrogen-bond acceptors (Lipinski definition) is 8. The number of nitrogens with zero attached hydrogens (tertiary/aromatic N) is 3. The van der Waals surface area contributed by atoms with E-state index in [1.807, 2.05) is 42.5 Å². The van der Waals surface area contributed by atoms with Crippen molar-refractivity contribution >= 4 is 28.6 Å². The number of anilines is 1. The third-order valence-corrected chi connectivity index (χ3v) is 7.67. The fraction of sp³-hybridized carbons (Fsp3) is 0.250. The third kappa shape index (κ3) is 4.43. The summed E-state index contributed by atoms with van der Waals surface area (Å²) in [6.07, 6.45) is 1.67. The normalized spacial score (nSPS) is 13.8. The summed E-state index contributed by atoms with van der Waals surface area (Å²) in [5, 5.41) is 18.6. The molecule has 0 aromatic heterocycles. The first kappa shape index (κ1) is 26.3. The van der Waals surface area contributed by atoms with Crippen LogP contribution in [0.5, 0.6) is 28.7 Å². The fourth-order valence-electron chi connectivity index (χ4n) is 5.53. The van der Waals surface area contributed by atoms with E-state index in [9.17, 15) is 9.90 Å². The van der Waals surface area contributed by atoms with Crippen LogP contribution in [0.4, 0.5) is 5.69 Å². The molecule has 0 fully saturated rings. The molecule has 0 unspecified atom stereocenters. The maximum atomic E-state index is 13.9. The molecule has 0 saturated heterocycles. The minimum Gasteiger partial charge on any atom is -0.507 e. The van der Waals surface area contributed by atoms with Crippen LogP contribution in [0.3, 0.4) is 0 Å². The zero-order valence-electron chi connectivity index (χ0n) is 23.4.